The molecule has 9 nitrogen and oxygen atoms in total. The number of hydrogen-bond acceptors (Lipinski definition) is 5. The SMILES string of the molecule is Cc1cc(NC(=O)CN2CC(=O)NC2=O)n(C2CCN(C)CC2)n1. The maximum absolute atomic E-state index is 12.2. The van der Waals surface area contributed by atoms with Crippen molar-refractivity contribution in [1.82, 2.24) is 24.9 Å². The van der Waals surface area contributed by atoms with Gasteiger partial charge in [0.15, 0.2) is 0 Å². The molecule has 9 heteroatoms. The molecule has 2 aliphatic heterocycles. The molecule has 0 aromatic carbocycles. The zero-order chi connectivity index (χ0) is 17.3. The molecule has 2 fully saturated rings. The van der Waals surface area contributed by atoms with Crippen LogP contribution in [0.4, 0.5) is 10.6 Å². The molecular formula is C15H22N6O3. The summed E-state index contributed by atoms with van der Waals surface area (Å²) in [6.45, 7) is 3.63. The monoisotopic (exact) mass is 334 g/mol. The standard InChI is InChI=1S/C15H22N6O3/c1-10-7-12(21(18-10)11-3-5-19(2)6-4-11)16-13(22)8-20-9-14(23)17-15(20)24/h7,11H,3-6,8-9H2,1-2H3,(H,16,22)(H,17,23,24). The molecule has 2 aliphatic rings. The van der Waals surface area contributed by atoms with Crippen LogP contribution in [0.1, 0.15) is 24.6 Å². The summed E-state index contributed by atoms with van der Waals surface area (Å²) < 4.78 is 1.87. The van der Waals surface area contributed by atoms with Crippen molar-refractivity contribution in [3.05, 3.63) is 11.8 Å². The average Bonchev–Trinajstić information content (AvgIpc) is 3.02. The molecule has 4 amide bonds. The summed E-state index contributed by atoms with van der Waals surface area (Å²) in [4.78, 5) is 38.4. The van der Waals surface area contributed by atoms with Crippen molar-refractivity contribution >= 4 is 23.7 Å². The third kappa shape index (κ3) is 3.56. The number of amides is 4. The molecule has 0 atom stereocenters. The molecule has 0 unspecified atom stereocenters. The van der Waals surface area contributed by atoms with Gasteiger partial charge in [-0.3, -0.25) is 14.9 Å². The number of aryl methyl sites for hydroxylation is 1. The minimum Gasteiger partial charge on any atom is -0.309 e. The van der Waals surface area contributed by atoms with Crippen LogP contribution in [0.5, 0.6) is 0 Å². The van der Waals surface area contributed by atoms with Crippen LogP contribution < -0.4 is 10.6 Å². The first kappa shape index (κ1) is 16.4. The second-order valence-electron chi connectivity index (χ2n) is 6.41. The van der Waals surface area contributed by atoms with Crippen molar-refractivity contribution in [1.29, 1.82) is 0 Å². The van der Waals surface area contributed by atoms with Gasteiger partial charge in [0.05, 0.1) is 11.7 Å². The summed E-state index contributed by atoms with van der Waals surface area (Å²) in [5.74, 6) is -0.0908. The van der Waals surface area contributed by atoms with Gasteiger partial charge in [-0.15, -0.1) is 0 Å². The number of hydrogen-bond donors (Lipinski definition) is 2. The zero-order valence-corrected chi connectivity index (χ0v) is 13.9. The van der Waals surface area contributed by atoms with E-state index in [4.69, 9.17) is 0 Å². The van der Waals surface area contributed by atoms with Gasteiger partial charge in [-0.05, 0) is 39.9 Å². The number of nitrogens with zero attached hydrogens (tertiary/aromatic N) is 4. The van der Waals surface area contributed by atoms with Crippen molar-refractivity contribution in [2.45, 2.75) is 25.8 Å². The largest absolute Gasteiger partial charge is 0.325 e. The predicted octanol–water partition coefficient (Wildman–Crippen LogP) is -0.0515. The van der Waals surface area contributed by atoms with Crippen LogP contribution in [0, 0.1) is 6.92 Å². The highest BCUT2D eigenvalue weighted by Crippen LogP contribution is 2.25. The minimum atomic E-state index is -0.532. The lowest BCUT2D eigenvalue weighted by Gasteiger charge is -2.30. The normalized spacial score (nSPS) is 19.7. The molecule has 24 heavy (non-hydrogen) atoms. The van der Waals surface area contributed by atoms with Crippen molar-refractivity contribution in [2.24, 2.45) is 0 Å². The van der Waals surface area contributed by atoms with Crippen LogP contribution in [0.15, 0.2) is 6.07 Å². The third-order valence-electron chi connectivity index (χ3n) is 4.36. The highest BCUT2D eigenvalue weighted by molar-refractivity contribution is 6.04. The Morgan fingerprint density at radius 2 is 2.08 bits per heavy atom. The Balaban J connectivity index is 1.65. The lowest BCUT2D eigenvalue weighted by molar-refractivity contribution is -0.119. The van der Waals surface area contributed by atoms with E-state index in [2.05, 4.69) is 27.7 Å². The Hall–Kier alpha value is -2.42. The van der Waals surface area contributed by atoms with Gasteiger partial charge in [0.25, 0.3) is 0 Å². The van der Waals surface area contributed by atoms with Crippen molar-refractivity contribution in [3.8, 4) is 0 Å². The second-order valence-corrected chi connectivity index (χ2v) is 6.41. The molecule has 0 radical (unpaired) electrons. The topological polar surface area (TPSA) is 99.6 Å². The van der Waals surface area contributed by atoms with Gasteiger partial charge in [-0.25, -0.2) is 9.48 Å². The summed E-state index contributed by atoms with van der Waals surface area (Å²) in [5.41, 5.74) is 0.832. The fraction of sp³-hybridized carbons (Fsp3) is 0.600. The fourth-order valence-electron chi connectivity index (χ4n) is 3.09. The number of carbonyl (C=O) groups excluding carboxylic acids is 3. The summed E-state index contributed by atoms with van der Waals surface area (Å²) in [7, 11) is 2.09. The number of anilines is 1. The van der Waals surface area contributed by atoms with Gasteiger partial charge in [0, 0.05) is 6.07 Å². The molecule has 3 rings (SSSR count). The molecule has 1 aromatic rings. The number of nitrogens with one attached hydrogen (secondary N) is 2. The summed E-state index contributed by atoms with van der Waals surface area (Å²) in [5, 5.41) is 9.48. The first-order valence-corrected chi connectivity index (χ1v) is 8.05. The minimum absolute atomic E-state index is 0.0838. The molecular weight excluding hydrogens is 312 g/mol. The van der Waals surface area contributed by atoms with E-state index < -0.39 is 6.03 Å². The van der Waals surface area contributed by atoms with Gasteiger partial charge >= 0.3 is 6.03 Å². The number of carbonyl (C=O) groups is 3. The molecule has 0 saturated carbocycles. The van der Waals surface area contributed by atoms with Crippen LogP contribution in [0.25, 0.3) is 0 Å². The van der Waals surface area contributed by atoms with Gasteiger partial charge < -0.3 is 15.1 Å². The van der Waals surface area contributed by atoms with Crippen LogP contribution in [-0.4, -0.2) is 70.7 Å². The zero-order valence-electron chi connectivity index (χ0n) is 13.9. The van der Waals surface area contributed by atoms with Gasteiger partial charge in [-0.2, -0.15) is 5.10 Å². The molecule has 0 aliphatic carbocycles. The van der Waals surface area contributed by atoms with Crippen LogP contribution in [0.2, 0.25) is 0 Å². The number of aromatic nitrogens is 2. The van der Waals surface area contributed by atoms with E-state index in [1.165, 1.54) is 4.90 Å². The molecule has 0 spiro atoms. The van der Waals surface area contributed by atoms with E-state index in [0.717, 1.165) is 31.6 Å². The Bertz CT molecular complexity index is 662. The highest BCUT2D eigenvalue weighted by atomic mass is 16.2. The van der Waals surface area contributed by atoms with E-state index in [9.17, 15) is 14.4 Å². The van der Waals surface area contributed by atoms with E-state index in [1.54, 1.807) is 0 Å². The van der Waals surface area contributed by atoms with Crippen LogP contribution in [0.3, 0.4) is 0 Å². The molecule has 130 valence electrons. The molecule has 3 heterocycles. The number of likely N-dealkylation sites (tertiary alicyclic amines) is 1. The second kappa shape index (κ2) is 6.60. The quantitative estimate of drug-likeness (QED) is 0.752. The first-order valence-electron chi connectivity index (χ1n) is 8.05. The number of urea groups is 1. The average molecular weight is 334 g/mol. The smallest absolute Gasteiger partial charge is 0.309 e. The van der Waals surface area contributed by atoms with E-state index >= 15 is 0 Å². The fourth-order valence-corrected chi connectivity index (χ4v) is 3.09. The summed E-state index contributed by atoms with van der Waals surface area (Å²) in [6, 6.07) is 1.54. The Labute approximate surface area is 140 Å². The molecule has 0 bridgehead atoms. The lowest BCUT2D eigenvalue weighted by Crippen LogP contribution is -2.36. The molecule has 2 saturated heterocycles. The van der Waals surface area contributed by atoms with Crippen LogP contribution >= 0.6 is 0 Å². The van der Waals surface area contributed by atoms with Crippen molar-refractivity contribution in [2.75, 3.05) is 38.5 Å². The highest BCUT2D eigenvalue weighted by Gasteiger charge is 2.29. The Kier molecular flexibility index (Phi) is 4.52. The third-order valence-corrected chi connectivity index (χ3v) is 4.36. The maximum atomic E-state index is 12.2. The number of imide groups is 1. The van der Waals surface area contributed by atoms with Crippen molar-refractivity contribution in [3.63, 3.8) is 0 Å². The van der Waals surface area contributed by atoms with E-state index in [1.807, 2.05) is 17.7 Å². The summed E-state index contributed by atoms with van der Waals surface area (Å²) >= 11 is 0. The number of piperidine rings is 1. The Morgan fingerprint density at radius 1 is 1.38 bits per heavy atom. The number of rotatable bonds is 4. The first-order chi connectivity index (χ1) is 11.4. The van der Waals surface area contributed by atoms with E-state index in [0.29, 0.717) is 5.82 Å². The van der Waals surface area contributed by atoms with Gasteiger partial charge in [0.2, 0.25) is 11.8 Å². The molecule has 2 N–H and O–H groups in total. The van der Waals surface area contributed by atoms with Crippen LogP contribution in [-0.2, 0) is 9.59 Å². The Morgan fingerprint density at radius 3 is 2.71 bits per heavy atom. The predicted molar refractivity (Wildman–Crippen MR) is 86.5 cm³/mol. The maximum Gasteiger partial charge on any atom is 0.325 e. The van der Waals surface area contributed by atoms with Gasteiger partial charge in [0.1, 0.15) is 18.9 Å². The lowest BCUT2D eigenvalue weighted by atomic mass is 10.1. The molecule has 1 aromatic heterocycles. The van der Waals surface area contributed by atoms with Crippen molar-refractivity contribution < 1.29 is 14.4 Å². The van der Waals surface area contributed by atoms with Gasteiger partial charge in [-0.1, -0.05) is 0 Å². The summed E-state index contributed by atoms with van der Waals surface area (Å²) in [6.07, 6.45) is 1.95. The van der Waals surface area contributed by atoms with E-state index in [-0.39, 0.29) is 30.9 Å².